The maximum Gasteiger partial charge on any atom is 0.268 e. The Balaban J connectivity index is 1.93. The van der Waals surface area contributed by atoms with Crippen molar-refractivity contribution in [3.05, 3.63) is 53.6 Å². The Labute approximate surface area is 134 Å². The van der Waals surface area contributed by atoms with Gasteiger partial charge in [-0.3, -0.25) is 4.79 Å². The van der Waals surface area contributed by atoms with Gasteiger partial charge in [0.2, 0.25) is 0 Å². The minimum Gasteiger partial charge on any atom is -0.508 e. The second-order valence-corrected chi connectivity index (χ2v) is 5.60. The number of aromatic hydroxyl groups is 1. The number of ether oxygens (including phenoxy) is 1. The zero-order chi connectivity index (χ0) is 16.4. The second-order valence-electron chi connectivity index (χ2n) is 5.60. The number of fused-ring (bicyclic) bond motifs is 1. The highest BCUT2D eigenvalue weighted by Gasteiger charge is 2.34. The molecule has 0 bridgehead atoms. The fraction of sp³-hybridized carbons (Fsp3) is 0.278. The van der Waals surface area contributed by atoms with Gasteiger partial charge in [0.1, 0.15) is 11.5 Å². The lowest BCUT2D eigenvalue weighted by molar-refractivity contribution is -0.126. The van der Waals surface area contributed by atoms with Crippen molar-refractivity contribution in [2.45, 2.75) is 19.4 Å². The predicted octanol–water partition coefficient (Wildman–Crippen LogP) is 2.03. The first-order valence-corrected chi connectivity index (χ1v) is 7.56. The molecule has 0 spiro atoms. The number of β-amino-alcohol motifs (C(OH)–C–C–N with tert-alkyl or cyclic N) is 1. The van der Waals surface area contributed by atoms with Crippen LogP contribution >= 0.6 is 0 Å². The van der Waals surface area contributed by atoms with Gasteiger partial charge in [-0.2, -0.15) is 0 Å². The average Bonchev–Trinajstić information content (AvgIpc) is 2.53. The molecule has 5 nitrogen and oxygen atoms in total. The maximum absolute atomic E-state index is 12.7. The normalized spacial score (nSPS) is 16.9. The van der Waals surface area contributed by atoms with E-state index in [-0.39, 0.29) is 24.8 Å². The SMILES string of the molecule is Cc1ccccc1CC1Oc2cc(O)ccc2N(CCO)C1=O. The molecule has 120 valence electrons. The van der Waals surface area contributed by atoms with Gasteiger partial charge in [-0.1, -0.05) is 24.3 Å². The number of anilines is 1. The van der Waals surface area contributed by atoms with E-state index in [1.165, 1.54) is 17.0 Å². The molecule has 2 aromatic carbocycles. The Hall–Kier alpha value is -2.53. The molecule has 1 aliphatic heterocycles. The topological polar surface area (TPSA) is 70.0 Å². The van der Waals surface area contributed by atoms with Crippen LogP contribution in [0.1, 0.15) is 11.1 Å². The van der Waals surface area contributed by atoms with Crippen LogP contribution in [0.5, 0.6) is 11.5 Å². The molecule has 5 heteroatoms. The van der Waals surface area contributed by atoms with E-state index in [2.05, 4.69) is 0 Å². The number of aryl methyl sites for hydroxylation is 1. The van der Waals surface area contributed by atoms with Crippen molar-refractivity contribution in [2.75, 3.05) is 18.1 Å². The van der Waals surface area contributed by atoms with Crippen molar-refractivity contribution >= 4 is 11.6 Å². The number of carbonyl (C=O) groups is 1. The van der Waals surface area contributed by atoms with Crippen molar-refractivity contribution < 1.29 is 19.7 Å². The molecule has 0 radical (unpaired) electrons. The number of hydrogen-bond donors (Lipinski definition) is 2. The fourth-order valence-electron chi connectivity index (χ4n) is 2.81. The van der Waals surface area contributed by atoms with Gasteiger partial charge in [-0.25, -0.2) is 0 Å². The molecular formula is C18H19NO4. The van der Waals surface area contributed by atoms with Crippen LogP contribution in [0, 0.1) is 6.92 Å². The van der Waals surface area contributed by atoms with E-state index in [4.69, 9.17) is 4.74 Å². The van der Waals surface area contributed by atoms with Crippen molar-refractivity contribution in [2.24, 2.45) is 0 Å². The van der Waals surface area contributed by atoms with Crippen molar-refractivity contribution in [1.29, 1.82) is 0 Å². The number of aliphatic hydroxyl groups is 1. The molecule has 0 aliphatic carbocycles. The first-order valence-electron chi connectivity index (χ1n) is 7.56. The summed E-state index contributed by atoms with van der Waals surface area (Å²) in [5.74, 6) is 0.355. The molecule has 0 fully saturated rings. The van der Waals surface area contributed by atoms with Crippen LogP contribution in [0.2, 0.25) is 0 Å². The highest BCUT2D eigenvalue weighted by Crippen LogP contribution is 2.37. The van der Waals surface area contributed by atoms with E-state index in [1.54, 1.807) is 6.07 Å². The first-order chi connectivity index (χ1) is 11.1. The first kappa shape index (κ1) is 15.4. The summed E-state index contributed by atoms with van der Waals surface area (Å²) in [6, 6.07) is 12.5. The highest BCUT2D eigenvalue weighted by molar-refractivity contribution is 6.00. The number of amides is 1. The molecule has 23 heavy (non-hydrogen) atoms. The third-order valence-corrected chi connectivity index (χ3v) is 4.04. The van der Waals surface area contributed by atoms with E-state index >= 15 is 0 Å². The van der Waals surface area contributed by atoms with Crippen LogP contribution in [-0.4, -0.2) is 35.4 Å². The molecular weight excluding hydrogens is 294 g/mol. The van der Waals surface area contributed by atoms with Crippen LogP contribution in [0.4, 0.5) is 5.69 Å². The lowest BCUT2D eigenvalue weighted by Gasteiger charge is -2.34. The summed E-state index contributed by atoms with van der Waals surface area (Å²) in [5.41, 5.74) is 2.71. The minimum atomic E-state index is -0.669. The maximum atomic E-state index is 12.7. The van der Waals surface area contributed by atoms with Gasteiger partial charge in [0.05, 0.1) is 12.3 Å². The number of phenols is 1. The fourth-order valence-corrected chi connectivity index (χ4v) is 2.81. The summed E-state index contributed by atoms with van der Waals surface area (Å²) in [5, 5.41) is 18.9. The van der Waals surface area contributed by atoms with Crippen molar-refractivity contribution in [1.82, 2.24) is 0 Å². The number of phenolic OH excluding ortho intramolecular Hbond substituents is 1. The lowest BCUT2D eigenvalue weighted by Crippen LogP contribution is -2.48. The minimum absolute atomic E-state index is 0.0803. The molecule has 1 heterocycles. The Kier molecular flexibility index (Phi) is 4.21. The molecule has 1 amide bonds. The van der Waals surface area contributed by atoms with Crippen LogP contribution in [-0.2, 0) is 11.2 Å². The zero-order valence-electron chi connectivity index (χ0n) is 12.9. The summed E-state index contributed by atoms with van der Waals surface area (Å²) < 4.78 is 5.83. The molecule has 3 rings (SSSR count). The number of aliphatic hydroxyl groups excluding tert-OH is 1. The predicted molar refractivity (Wildman–Crippen MR) is 86.8 cm³/mol. The Morgan fingerprint density at radius 1 is 1.22 bits per heavy atom. The molecule has 0 saturated carbocycles. The summed E-state index contributed by atoms with van der Waals surface area (Å²) in [7, 11) is 0. The van der Waals surface area contributed by atoms with Gasteiger partial charge in [-0.15, -0.1) is 0 Å². The molecule has 2 aromatic rings. The van der Waals surface area contributed by atoms with Crippen molar-refractivity contribution in [3.63, 3.8) is 0 Å². The summed E-state index contributed by atoms with van der Waals surface area (Å²) >= 11 is 0. The molecule has 1 aliphatic rings. The summed E-state index contributed by atoms with van der Waals surface area (Å²) in [6.45, 7) is 2.06. The molecule has 2 N–H and O–H groups in total. The Morgan fingerprint density at radius 2 is 2.00 bits per heavy atom. The Morgan fingerprint density at radius 3 is 2.74 bits per heavy atom. The smallest absolute Gasteiger partial charge is 0.268 e. The van der Waals surface area contributed by atoms with Gasteiger partial charge >= 0.3 is 0 Å². The zero-order valence-corrected chi connectivity index (χ0v) is 12.9. The van der Waals surface area contributed by atoms with Crippen LogP contribution in [0.15, 0.2) is 42.5 Å². The Bertz CT molecular complexity index is 729. The van der Waals surface area contributed by atoms with Crippen LogP contribution in [0.3, 0.4) is 0 Å². The number of benzene rings is 2. The quantitative estimate of drug-likeness (QED) is 0.906. The van der Waals surface area contributed by atoms with E-state index in [1.807, 2.05) is 31.2 Å². The van der Waals surface area contributed by atoms with Gasteiger partial charge in [0.15, 0.2) is 6.10 Å². The standard InChI is InChI=1S/C18H19NO4/c1-12-4-2-3-5-13(12)10-17-18(22)19(8-9-20)15-7-6-14(21)11-16(15)23-17/h2-7,11,17,20-21H,8-10H2,1H3. The molecule has 1 atom stereocenters. The monoisotopic (exact) mass is 313 g/mol. The van der Waals surface area contributed by atoms with Gasteiger partial charge in [0.25, 0.3) is 5.91 Å². The number of nitrogens with zero attached hydrogens (tertiary/aromatic N) is 1. The highest BCUT2D eigenvalue weighted by atomic mass is 16.5. The van der Waals surface area contributed by atoms with E-state index in [0.717, 1.165) is 11.1 Å². The van der Waals surface area contributed by atoms with E-state index in [0.29, 0.717) is 17.9 Å². The van der Waals surface area contributed by atoms with E-state index in [9.17, 15) is 15.0 Å². The summed E-state index contributed by atoms with van der Waals surface area (Å²) in [4.78, 5) is 14.2. The number of hydrogen-bond acceptors (Lipinski definition) is 4. The second kappa shape index (κ2) is 6.30. The van der Waals surface area contributed by atoms with Crippen molar-refractivity contribution in [3.8, 4) is 11.5 Å². The largest absolute Gasteiger partial charge is 0.508 e. The van der Waals surface area contributed by atoms with Gasteiger partial charge in [-0.05, 0) is 30.2 Å². The summed E-state index contributed by atoms with van der Waals surface area (Å²) in [6.07, 6.45) is -0.223. The molecule has 1 unspecified atom stereocenters. The van der Waals surface area contributed by atoms with E-state index < -0.39 is 6.10 Å². The van der Waals surface area contributed by atoms with Gasteiger partial charge < -0.3 is 19.8 Å². The number of carbonyl (C=O) groups excluding carboxylic acids is 1. The third-order valence-electron chi connectivity index (χ3n) is 4.04. The van der Waals surface area contributed by atoms with Crippen LogP contribution < -0.4 is 9.64 Å². The third kappa shape index (κ3) is 3.00. The average molecular weight is 313 g/mol. The lowest BCUT2D eigenvalue weighted by atomic mass is 10.0. The number of rotatable bonds is 4. The van der Waals surface area contributed by atoms with Crippen LogP contribution in [0.25, 0.3) is 0 Å². The molecule has 0 saturated heterocycles. The van der Waals surface area contributed by atoms with Gasteiger partial charge in [0, 0.05) is 19.0 Å². The molecule has 0 aromatic heterocycles.